The van der Waals surface area contributed by atoms with E-state index >= 15 is 0 Å². The molecule has 0 aliphatic heterocycles. The average Bonchev–Trinajstić information content (AvgIpc) is 3.95. The van der Waals surface area contributed by atoms with Gasteiger partial charge in [-0.05, 0) is 127 Å². The summed E-state index contributed by atoms with van der Waals surface area (Å²) in [5.74, 6) is 0. The molecule has 0 saturated heterocycles. The van der Waals surface area contributed by atoms with Gasteiger partial charge in [-0.15, -0.1) is 11.3 Å². The number of hydrogen-bond donors (Lipinski definition) is 0. The molecule has 1 heterocycles. The molecular weight excluding hydrogens is 851 g/mol. The van der Waals surface area contributed by atoms with E-state index in [2.05, 4.69) is 278 Å². The van der Waals surface area contributed by atoms with Crippen LogP contribution < -0.4 is 4.90 Å². The van der Waals surface area contributed by atoms with Gasteiger partial charge < -0.3 is 4.90 Å². The lowest BCUT2D eigenvalue weighted by molar-refractivity contribution is 0.768. The molecule has 1 aliphatic rings. The van der Waals surface area contributed by atoms with Gasteiger partial charge in [0.2, 0.25) is 0 Å². The van der Waals surface area contributed by atoms with Crippen molar-refractivity contribution in [1.29, 1.82) is 0 Å². The molecule has 0 spiro atoms. The Balaban J connectivity index is 1.04. The third-order valence-corrected chi connectivity index (χ3v) is 15.3. The number of rotatable bonds is 9. The quantitative estimate of drug-likeness (QED) is 0.140. The number of fused-ring (bicyclic) bond motifs is 6. The summed E-state index contributed by atoms with van der Waals surface area (Å²) in [5.41, 5.74) is 19.8. The van der Waals surface area contributed by atoms with Gasteiger partial charge in [0.25, 0.3) is 0 Å². The van der Waals surface area contributed by atoms with E-state index in [0.717, 1.165) is 28.2 Å². The minimum atomic E-state index is -0.544. The maximum Gasteiger partial charge on any atom is 0.0714 e. The molecule has 0 amide bonds. The molecule has 2 heteroatoms. The van der Waals surface area contributed by atoms with Crippen molar-refractivity contribution in [3.8, 4) is 55.6 Å². The molecule has 0 bridgehead atoms. The molecule has 1 nitrogen and oxygen atoms in total. The largest absolute Gasteiger partial charge is 0.310 e. The van der Waals surface area contributed by atoms with Crippen molar-refractivity contribution in [2.75, 3.05) is 4.90 Å². The van der Waals surface area contributed by atoms with Crippen molar-refractivity contribution < 1.29 is 0 Å². The highest BCUT2D eigenvalue weighted by Crippen LogP contribution is 2.57. The first-order chi connectivity index (χ1) is 34.2. The van der Waals surface area contributed by atoms with E-state index in [-0.39, 0.29) is 0 Å². The standard InChI is InChI=1S/C67H45NS/c1-5-17-46(18-6-1)48-29-31-50(32-30-48)60-43-51(47-19-7-2-8-20-47)35-41-64(60)68(55-37-33-49(34-38-55)52-36-42-66-61(44-52)59-26-14-16-28-65(59)69-66)56-39-40-58-57-25-13-15-27-62(57)67(63(58)45-56,53-21-9-3-10-22-53)54-23-11-4-12-24-54/h1-45H. The van der Waals surface area contributed by atoms with Gasteiger partial charge in [0, 0.05) is 37.1 Å². The Hall–Kier alpha value is -8.56. The van der Waals surface area contributed by atoms with Gasteiger partial charge in [-0.3, -0.25) is 0 Å². The first kappa shape index (κ1) is 40.7. The van der Waals surface area contributed by atoms with Gasteiger partial charge in [-0.1, -0.05) is 218 Å². The second kappa shape index (κ2) is 16.9. The maximum absolute atomic E-state index is 2.48. The van der Waals surface area contributed by atoms with Gasteiger partial charge in [0.1, 0.15) is 0 Å². The molecule has 69 heavy (non-hydrogen) atoms. The van der Waals surface area contributed by atoms with Crippen LogP contribution in [0.2, 0.25) is 0 Å². The lowest BCUT2D eigenvalue weighted by Crippen LogP contribution is -2.28. The first-order valence-corrected chi connectivity index (χ1v) is 24.5. The SMILES string of the molecule is c1ccc(-c2ccc(-c3cc(-c4ccccc4)ccc3N(c3ccc(-c4ccc5sc6ccccc6c5c4)cc3)c3ccc4c(c3)C(c3ccccc3)(c3ccccc3)c3ccccc3-4)cc2)cc1. The zero-order chi connectivity index (χ0) is 45.7. The zero-order valence-corrected chi connectivity index (χ0v) is 38.7. The summed E-state index contributed by atoms with van der Waals surface area (Å²) >= 11 is 1.86. The van der Waals surface area contributed by atoms with Gasteiger partial charge in [0.15, 0.2) is 0 Å². The maximum atomic E-state index is 2.48. The third-order valence-electron chi connectivity index (χ3n) is 14.2. The van der Waals surface area contributed by atoms with Crippen LogP contribution >= 0.6 is 11.3 Å². The summed E-state index contributed by atoms with van der Waals surface area (Å²) in [6.07, 6.45) is 0. The molecule has 324 valence electrons. The third kappa shape index (κ3) is 6.91. The van der Waals surface area contributed by atoms with Gasteiger partial charge in [0.05, 0.1) is 11.1 Å². The van der Waals surface area contributed by atoms with Gasteiger partial charge >= 0.3 is 0 Å². The van der Waals surface area contributed by atoms with Crippen molar-refractivity contribution in [2.45, 2.75) is 5.41 Å². The van der Waals surface area contributed by atoms with E-state index in [1.807, 2.05) is 11.3 Å². The molecule has 0 fully saturated rings. The van der Waals surface area contributed by atoms with Crippen molar-refractivity contribution in [3.63, 3.8) is 0 Å². The minimum Gasteiger partial charge on any atom is -0.310 e. The molecule has 0 unspecified atom stereocenters. The molecule has 12 aromatic rings. The van der Waals surface area contributed by atoms with Crippen LogP contribution in [-0.4, -0.2) is 0 Å². The Morgan fingerprint density at radius 1 is 0.275 bits per heavy atom. The first-order valence-electron chi connectivity index (χ1n) is 23.7. The Morgan fingerprint density at radius 3 is 1.46 bits per heavy atom. The molecule has 0 atom stereocenters. The number of thiophene rings is 1. The highest BCUT2D eigenvalue weighted by atomic mass is 32.1. The number of benzene rings is 11. The van der Waals surface area contributed by atoms with Crippen LogP contribution in [0, 0.1) is 0 Å². The highest BCUT2D eigenvalue weighted by Gasteiger charge is 2.46. The Bertz CT molecular complexity index is 3760. The normalized spacial score (nSPS) is 12.5. The fourth-order valence-corrected chi connectivity index (χ4v) is 12.0. The fourth-order valence-electron chi connectivity index (χ4n) is 11.0. The predicted molar refractivity (Wildman–Crippen MR) is 293 cm³/mol. The van der Waals surface area contributed by atoms with Gasteiger partial charge in [-0.25, -0.2) is 0 Å². The van der Waals surface area contributed by atoms with E-state index in [1.165, 1.54) is 86.9 Å². The van der Waals surface area contributed by atoms with Crippen molar-refractivity contribution in [3.05, 3.63) is 295 Å². The number of anilines is 3. The smallest absolute Gasteiger partial charge is 0.0714 e. The number of nitrogens with zero attached hydrogens (tertiary/aromatic N) is 1. The molecule has 0 saturated carbocycles. The molecule has 0 N–H and O–H groups in total. The molecule has 1 aliphatic carbocycles. The van der Waals surface area contributed by atoms with Crippen molar-refractivity contribution >= 4 is 48.6 Å². The van der Waals surface area contributed by atoms with Crippen LogP contribution in [0.3, 0.4) is 0 Å². The monoisotopic (exact) mass is 895 g/mol. The fraction of sp³-hybridized carbons (Fsp3) is 0.0149. The second-order valence-electron chi connectivity index (χ2n) is 18.0. The van der Waals surface area contributed by atoms with Crippen LogP contribution in [0.1, 0.15) is 22.3 Å². The molecule has 1 aromatic heterocycles. The van der Waals surface area contributed by atoms with Gasteiger partial charge in [-0.2, -0.15) is 0 Å². The van der Waals surface area contributed by atoms with E-state index in [4.69, 9.17) is 0 Å². The summed E-state index contributed by atoms with van der Waals surface area (Å²) in [4.78, 5) is 2.48. The molecule has 11 aromatic carbocycles. The molecule has 0 radical (unpaired) electrons. The summed E-state index contributed by atoms with van der Waals surface area (Å²) in [6.45, 7) is 0. The zero-order valence-electron chi connectivity index (χ0n) is 37.8. The van der Waals surface area contributed by atoms with Crippen molar-refractivity contribution in [1.82, 2.24) is 0 Å². The van der Waals surface area contributed by atoms with Crippen LogP contribution in [-0.2, 0) is 5.41 Å². The highest BCUT2D eigenvalue weighted by molar-refractivity contribution is 7.25. The summed E-state index contributed by atoms with van der Waals surface area (Å²) in [6, 6.07) is 101. The van der Waals surface area contributed by atoms with E-state index in [9.17, 15) is 0 Å². The summed E-state index contributed by atoms with van der Waals surface area (Å²) < 4.78 is 2.63. The Morgan fingerprint density at radius 2 is 0.754 bits per heavy atom. The second-order valence-corrected chi connectivity index (χ2v) is 19.1. The average molecular weight is 896 g/mol. The minimum absolute atomic E-state index is 0.544. The van der Waals surface area contributed by atoms with E-state index in [1.54, 1.807) is 0 Å². The van der Waals surface area contributed by atoms with E-state index < -0.39 is 5.41 Å². The topological polar surface area (TPSA) is 3.24 Å². The van der Waals surface area contributed by atoms with E-state index in [0.29, 0.717) is 0 Å². The number of hydrogen-bond acceptors (Lipinski definition) is 2. The molecule has 13 rings (SSSR count). The Labute approximate surface area is 407 Å². The predicted octanol–water partition coefficient (Wildman–Crippen LogP) is 18.6. The summed E-state index contributed by atoms with van der Waals surface area (Å²) in [7, 11) is 0. The van der Waals surface area contributed by atoms with Crippen LogP contribution in [0.25, 0.3) is 75.8 Å². The lowest BCUT2D eigenvalue weighted by Gasteiger charge is -2.35. The lowest BCUT2D eigenvalue weighted by atomic mass is 9.67. The van der Waals surface area contributed by atoms with Crippen molar-refractivity contribution in [2.24, 2.45) is 0 Å². The Kier molecular flexibility index (Phi) is 10.00. The van der Waals surface area contributed by atoms with Crippen LogP contribution in [0.15, 0.2) is 273 Å². The van der Waals surface area contributed by atoms with Crippen LogP contribution in [0.4, 0.5) is 17.1 Å². The van der Waals surface area contributed by atoms with Crippen LogP contribution in [0.5, 0.6) is 0 Å². The summed E-state index contributed by atoms with van der Waals surface area (Å²) in [5, 5.41) is 2.62. The molecular formula is C67H45NS.